The van der Waals surface area contributed by atoms with Crippen LogP contribution in [0.2, 0.25) is 0 Å². The second-order valence-corrected chi connectivity index (χ2v) is 6.97. The van der Waals surface area contributed by atoms with E-state index in [1.54, 1.807) is 29.2 Å². The van der Waals surface area contributed by atoms with Crippen LogP contribution in [0, 0.1) is 25.2 Å². The van der Waals surface area contributed by atoms with Gasteiger partial charge in [0.25, 0.3) is 0 Å². The second kappa shape index (κ2) is 8.57. The number of nitriles is 1. The highest BCUT2D eigenvalue weighted by molar-refractivity contribution is 6.04. The molecule has 1 aliphatic heterocycles. The van der Waals surface area contributed by atoms with Crippen LogP contribution in [0.5, 0.6) is 0 Å². The van der Waals surface area contributed by atoms with E-state index in [1.165, 1.54) is 16.8 Å². The van der Waals surface area contributed by atoms with Gasteiger partial charge in [0.05, 0.1) is 11.3 Å². The number of hydrogen-bond donors (Lipinski definition) is 1. The number of carbonyl (C=O) groups excluding carboxylic acids is 2. The monoisotopic (exact) mass is 376 g/mol. The lowest BCUT2D eigenvalue weighted by molar-refractivity contribution is -0.134. The molecule has 0 spiro atoms. The van der Waals surface area contributed by atoms with Crippen molar-refractivity contribution in [2.45, 2.75) is 20.3 Å². The molecule has 0 saturated carbocycles. The molecule has 28 heavy (non-hydrogen) atoms. The summed E-state index contributed by atoms with van der Waals surface area (Å²) in [4.78, 5) is 28.7. The lowest BCUT2D eigenvalue weighted by atomic mass is 10.1. The Hall–Kier alpha value is -3.33. The van der Waals surface area contributed by atoms with Crippen LogP contribution in [-0.4, -0.2) is 42.9 Å². The summed E-state index contributed by atoms with van der Waals surface area (Å²) in [6, 6.07) is 15.1. The van der Waals surface area contributed by atoms with Crippen molar-refractivity contribution in [3.05, 3.63) is 59.2 Å². The average Bonchev–Trinajstić information content (AvgIpc) is 2.70. The van der Waals surface area contributed by atoms with Crippen LogP contribution >= 0.6 is 0 Å². The van der Waals surface area contributed by atoms with Gasteiger partial charge in [-0.15, -0.1) is 0 Å². The molecule has 144 valence electrons. The predicted octanol–water partition coefficient (Wildman–Crippen LogP) is 2.85. The number of amides is 2. The standard InChI is InChI=1S/C22H24N4O2/c1-16-6-5-9-20(17(16)2)25-10-12-26(13-11-25)22(28)14-21(27)24-19-8-4-3-7-18(19)15-23/h3-9H,10-14H2,1-2H3,(H,24,27). The highest BCUT2D eigenvalue weighted by Crippen LogP contribution is 2.24. The number of aryl methyl sites for hydroxylation is 1. The Morgan fingerprint density at radius 1 is 1.04 bits per heavy atom. The summed E-state index contributed by atoms with van der Waals surface area (Å²) in [6.45, 7) is 6.89. The molecule has 2 aromatic carbocycles. The Morgan fingerprint density at radius 3 is 2.46 bits per heavy atom. The van der Waals surface area contributed by atoms with Crippen LogP contribution in [0.1, 0.15) is 23.1 Å². The van der Waals surface area contributed by atoms with E-state index in [0.29, 0.717) is 24.3 Å². The van der Waals surface area contributed by atoms with Crippen LogP contribution < -0.4 is 10.2 Å². The van der Waals surface area contributed by atoms with E-state index in [4.69, 9.17) is 5.26 Å². The van der Waals surface area contributed by atoms with Crippen molar-refractivity contribution >= 4 is 23.2 Å². The van der Waals surface area contributed by atoms with Gasteiger partial charge in [0.2, 0.25) is 11.8 Å². The molecule has 0 aromatic heterocycles. The molecule has 2 amide bonds. The molecule has 0 bridgehead atoms. The lowest BCUT2D eigenvalue weighted by Gasteiger charge is -2.37. The molecule has 6 heteroatoms. The predicted molar refractivity (Wildman–Crippen MR) is 109 cm³/mol. The SMILES string of the molecule is Cc1cccc(N2CCN(C(=O)CC(=O)Nc3ccccc3C#N)CC2)c1C. The second-order valence-electron chi connectivity index (χ2n) is 6.97. The summed E-state index contributed by atoms with van der Waals surface area (Å²) in [5.74, 6) is -0.586. The zero-order chi connectivity index (χ0) is 20.1. The van der Waals surface area contributed by atoms with Gasteiger partial charge < -0.3 is 15.1 Å². The van der Waals surface area contributed by atoms with Gasteiger partial charge in [-0.1, -0.05) is 24.3 Å². The van der Waals surface area contributed by atoms with E-state index >= 15 is 0 Å². The fourth-order valence-corrected chi connectivity index (χ4v) is 3.41. The fourth-order valence-electron chi connectivity index (χ4n) is 3.41. The van der Waals surface area contributed by atoms with Crippen molar-refractivity contribution in [3.63, 3.8) is 0 Å². The van der Waals surface area contributed by atoms with Gasteiger partial charge in [-0.2, -0.15) is 5.26 Å². The minimum absolute atomic E-state index is 0.187. The third-order valence-electron chi connectivity index (χ3n) is 5.18. The van der Waals surface area contributed by atoms with Crippen LogP contribution in [0.3, 0.4) is 0 Å². The molecule has 3 rings (SSSR count). The topological polar surface area (TPSA) is 76.4 Å². The summed E-state index contributed by atoms with van der Waals surface area (Å²) < 4.78 is 0. The number of anilines is 2. The quantitative estimate of drug-likeness (QED) is 0.833. The Kier molecular flexibility index (Phi) is 5.95. The summed E-state index contributed by atoms with van der Waals surface area (Å²) >= 11 is 0. The molecule has 1 heterocycles. The number of benzene rings is 2. The normalized spacial score (nSPS) is 13.8. The number of hydrogen-bond acceptors (Lipinski definition) is 4. The number of rotatable bonds is 4. The van der Waals surface area contributed by atoms with E-state index in [2.05, 4.69) is 42.3 Å². The van der Waals surface area contributed by atoms with Crippen molar-refractivity contribution in [1.82, 2.24) is 4.90 Å². The average molecular weight is 376 g/mol. The summed E-state index contributed by atoms with van der Waals surface area (Å²) in [5.41, 5.74) is 4.54. The van der Waals surface area contributed by atoms with Gasteiger partial charge in [-0.3, -0.25) is 9.59 Å². The third-order valence-corrected chi connectivity index (χ3v) is 5.18. The first-order chi connectivity index (χ1) is 13.5. The third kappa shape index (κ3) is 4.32. The maximum absolute atomic E-state index is 12.5. The van der Waals surface area contributed by atoms with Gasteiger partial charge in [0.1, 0.15) is 12.5 Å². The first kappa shape index (κ1) is 19.4. The Labute approximate surface area is 165 Å². The van der Waals surface area contributed by atoms with Gasteiger partial charge >= 0.3 is 0 Å². The summed E-state index contributed by atoms with van der Waals surface area (Å²) in [7, 11) is 0. The van der Waals surface area contributed by atoms with Crippen LogP contribution in [0.15, 0.2) is 42.5 Å². The van der Waals surface area contributed by atoms with Crippen molar-refractivity contribution in [3.8, 4) is 6.07 Å². The van der Waals surface area contributed by atoms with Crippen molar-refractivity contribution < 1.29 is 9.59 Å². The van der Waals surface area contributed by atoms with E-state index < -0.39 is 5.91 Å². The minimum Gasteiger partial charge on any atom is -0.368 e. The maximum Gasteiger partial charge on any atom is 0.233 e. The van der Waals surface area contributed by atoms with E-state index in [0.717, 1.165) is 13.1 Å². The molecule has 6 nitrogen and oxygen atoms in total. The van der Waals surface area contributed by atoms with Crippen LogP contribution in [-0.2, 0) is 9.59 Å². The smallest absolute Gasteiger partial charge is 0.233 e. The zero-order valence-corrected chi connectivity index (χ0v) is 16.2. The highest BCUT2D eigenvalue weighted by Gasteiger charge is 2.24. The zero-order valence-electron chi connectivity index (χ0n) is 16.2. The van der Waals surface area contributed by atoms with E-state index in [-0.39, 0.29) is 12.3 Å². The molecular weight excluding hydrogens is 352 g/mol. The fraction of sp³-hybridized carbons (Fsp3) is 0.318. The van der Waals surface area contributed by atoms with E-state index in [9.17, 15) is 9.59 Å². The van der Waals surface area contributed by atoms with Crippen LogP contribution in [0.25, 0.3) is 0 Å². The van der Waals surface area contributed by atoms with E-state index in [1.807, 2.05) is 6.07 Å². The largest absolute Gasteiger partial charge is 0.368 e. The summed E-state index contributed by atoms with van der Waals surface area (Å²) in [5, 5.41) is 11.8. The van der Waals surface area contributed by atoms with Crippen molar-refractivity contribution in [1.29, 1.82) is 5.26 Å². The number of nitrogens with zero attached hydrogens (tertiary/aromatic N) is 3. The molecular formula is C22H24N4O2. The van der Waals surface area contributed by atoms with Gasteiger partial charge in [-0.25, -0.2) is 0 Å². The molecule has 1 saturated heterocycles. The molecule has 1 N–H and O–H groups in total. The molecule has 2 aromatic rings. The number of para-hydroxylation sites is 1. The Balaban J connectivity index is 1.54. The molecule has 0 atom stereocenters. The Bertz CT molecular complexity index is 924. The number of piperazine rings is 1. The van der Waals surface area contributed by atoms with Gasteiger partial charge in [0, 0.05) is 31.9 Å². The molecule has 1 aliphatic rings. The minimum atomic E-state index is -0.398. The maximum atomic E-state index is 12.5. The molecule has 1 fully saturated rings. The molecule has 0 unspecified atom stereocenters. The van der Waals surface area contributed by atoms with Crippen molar-refractivity contribution in [2.75, 3.05) is 36.4 Å². The lowest BCUT2D eigenvalue weighted by Crippen LogP contribution is -2.49. The first-order valence-corrected chi connectivity index (χ1v) is 9.37. The first-order valence-electron chi connectivity index (χ1n) is 9.37. The summed E-state index contributed by atoms with van der Waals surface area (Å²) in [6.07, 6.45) is -0.219. The van der Waals surface area contributed by atoms with Crippen LogP contribution in [0.4, 0.5) is 11.4 Å². The van der Waals surface area contributed by atoms with Crippen molar-refractivity contribution in [2.24, 2.45) is 0 Å². The Morgan fingerprint density at radius 2 is 1.75 bits per heavy atom. The van der Waals surface area contributed by atoms with Gasteiger partial charge in [-0.05, 0) is 43.2 Å². The molecule has 0 radical (unpaired) electrons. The highest BCUT2D eigenvalue weighted by atomic mass is 16.2. The van der Waals surface area contributed by atoms with Gasteiger partial charge in [0.15, 0.2) is 0 Å². The molecule has 0 aliphatic carbocycles. The number of nitrogens with one attached hydrogen (secondary N) is 1. The number of carbonyl (C=O) groups is 2.